The Morgan fingerprint density at radius 3 is 2.08 bits per heavy atom. The first-order valence-corrected chi connectivity index (χ1v) is 6.27. The Bertz CT molecular complexity index is 183. The Hall–Kier alpha value is 0.370. The third-order valence-electron chi connectivity index (χ3n) is 1.02. The molecule has 0 saturated heterocycles. The fourth-order valence-electron chi connectivity index (χ4n) is 0.732. The highest BCUT2D eigenvalue weighted by molar-refractivity contribution is 9.11. The van der Waals surface area contributed by atoms with Gasteiger partial charge in [0.05, 0.1) is 19.4 Å². The van der Waals surface area contributed by atoms with Gasteiger partial charge in [0, 0.05) is 0 Å². The molecule has 0 N–H and O–H groups in total. The van der Waals surface area contributed by atoms with Crippen molar-refractivity contribution in [2.24, 2.45) is 0 Å². The maximum absolute atomic E-state index is 11.7. The Labute approximate surface area is 81.8 Å². The van der Waals surface area contributed by atoms with Crippen LogP contribution in [0.15, 0.2) is 11.1 Å². The highest BCUT2D eigenvalue weighted by atomic mass is 79.9. The second kappa shape index (κ2) is 5.92. The summed E-state index contributed by atoms with van der Waals surface area (Å²) in [5.41, 5.74) is 0. The van der Waals surface area contributed by atoms with Gasteiger partial charge in [0.2, 0.25) is 0 Å². The number of rotatable bonds is 6. The van der Waals surface area contributed by atoms with Crippen LogP contribution in [0.2, 0.25) is 0 Å². The zero-order valence-electron chi connectivity index (χ0n) is 7.38. The lowest BCUT2D eigenvalue weighted by Gasteiger charge is -2.15. The Morgan fingerprint density at radius 2 is 1.83 bits per heavy atom. The highest BCUT2D eigenvalue weighted by Gasteiger charge is 2.23. The average molecular weight is 257 g/mol. The molecule has 0 aromatic rings. The van der Waals surface area contributed by atoms with Gasteiger partial charge in [-0.25, -0.2) is 0 Å². The van der Waals surface area contributed by atoms with Crippen molar-refractivity contribution < 1.29 is 13.6 Å². The van der Waals surface area contributed by atoms with Gasteiger partial charge in [-0.15, -0.1) is 0 Å². The molecule has 5 heteroatoms. The van der Waals surface area contributed by atoms with Crippen LogP contribution in [0.4, 0.5) is 0 Å². The molecule has 0 aromatic heterocycles. The van der Waals surface area contributed by atoms with Crippen molar-refractivity contribution in [3.63, 3.8) is 0 Å². The predicted octanol–water partition coefficient (Wildman–Crippen LogP) is 3.16. The zero-order chi connectivity index (χ0) is 9.61. The van der Waals surface area contributed by atoms with E-state index in [1.165, 1.54) is 0 Å². The van der Waals surface area contributed by atoms with Crippen LogP contribution >= 0.6 is 23.5 Å². The first kappa shape index (κ1) is 12.4. The van der Waals surface area contributed by atoms with E-state index in [1.54, 1.807) is 13.8 Å². The Kier molecular flexibility index (Phi) is 6.10. The molecule has 0 fully saturated rings. The summed E-state index contributed by atoms with van der Waals surface area (Å²) in [5, 5.41) is 0. The maximum Gasteiger partial charge on any atom is 0.335 e. The van der Waals surface area contributed by atoms with E-state index in [-0.39, 0.29) is 6.16 Å². The van der Waals surface area contributed by atoms with Crippen LogP contribution in [0.1, 0.15) is 13.8 Å². The summed E-state index contributed by atoms with van der Waals surface area (Å²) in [6.07, 6.45) is 0.231. The second-order valence-electron chi connectivity index (χ2n) is 2.12. The highest BCUT2D eigenvalue weighted by Crippen LogP contribution is 2.49. The first-order chi connectivity index (χ1) is 5.54. The van der Waals surface area contributed by atoms with E-state index in [2.05, 4.69) is 22.5 Å². The lowest BCUT2D eigenvalue weighted by molar-refractivity contribution is 0.222. The molecule has 0 aliphatic heterocycles. The van der Waals surface area contributed by atoms with Crippen molar-refractivity contribution in [2.75, 3.05) is 19.4 Å². The van der Waals surface area contributed by atoms with Crippen LogP contribution in [0, 0.1) is 0 Å². The van der Waals surface area contributed by atoms with E-state index in [1.807, 2.05) is 0 Å². The summed E-state index contributed by atoms with van der Waals surface area (Å²) in [4.78, 5) is 0. The number of hydrogen-bond acceptors (Lipinski definition) is 3. The van der Waals surface area contributed by atoms with Crippen LogP contribution in [-0.4, -0.2) is 19.4 Å². The monoisotopic (exact) mass is 256 g/mol. The smallest absolute Gasteiger partial charge is 0.309 e. The first-order valence-electron chi connectivity index (χ1n) is 3.75. The lowest BCUT2D eigenvalue weighted by Crippen LogP contribution is -1.99. The molecule has 0 rings (SSSR count). The molecular weight excluding hydrogens is 243 g/mol. The molecule has 0 radical (unpaired) electrons. The summed E-state index contributed by atoms with van der Waals surface area (Å²) in [6.45, 7) is 7.92. The predicted molar refractivity (Wildman–Crippen MR) is 53.8 cm³/mol. The second-order valence-corrected chi connectivity index (χ2v) is 5.30. The molecule has 0 aliphatic rings. The SMILES string of the molecule is C=C(Br)CP(=O)(OCC)OCC. The fourth-order valence-corrected chi connectivity index (χ4v) is 3.12. The van der Waals surface area contributed by atoms with Gasteiger partial charge < -0.3 is 9.05 Å². The van der Waals surface area contributed by atoms with Gasteiger partial charge in [-0.05, 0) is 18.3 Å². The molecule has 0 spiro atoms. The summed E-state index contributed by atoms with van der Waals surface area (Å²) >= 11 is 3.12. The van der Waals surface area contributed by atoms with Crippen LogP contribution < -0.4 is 0 Å². The molecule has 72 valence electrons. The van der Waals surface area contributed by atoms with E-state index in [0.717, 1.165) is 0 Å². The largest absolute Gasteiger partial charge is 0.335 e. The van der Waals surface area contributed by atoms with Crippen LogP contribution in [0.3, 0.4) is 0 Å². The minimum atomic E-state index is -2.92. The van der Waals surface area contributed by atoms with Gasteiger partial charge in [-0.3, -0.25) is 4.57 Å². The van der Waals surface area contributed by atoms with Crippen molar-refractivity contribution >= 4 is 23.5 Å². The van der Waals surface area contributed by atoms with Crippen LogP contribution in [0.25, 0.3) is 0 Å². The lowest BCUT2D eigenvalue weighted by atomic mass is 10.8. The molecule has 0 saturated carbocycles. The molecule has 0 heterocycles. The summed E-state index contributed by atoms with van der Waals surface area (Å²) in [5.74, 6) is 0. The molecule has 12 heavy (non-hydrogen) atoms. The van der Waals surface area contributed by atoms with E-state index < -0.39 is 7.60 Å². The number of allylic oxidation sites excluding steroid dienone is 1. The van der Waals surface area contributed by atoms with Gasteiger partial charge in [0.25, 0.3) is 0 Å². The quantitative estimate of drug-likeness (QED) is 0.685. The van der Waals surface area contributed by atoms with Crippen LogP contribution in [0.5, 0.6) is 0 Å². The summed E-state index contributed by atoms with van der Waals surface area (Å²) < 4.78 is 22.4. The third-order valence-corrected chi connectivity index (χ3v) is 3.80. The summed E-state index contributed by atoms with van der Waals surface area (Å²) in [7, 11) is -2.92. The molecule has 0 bridgehead atoms. The van der Waals surface area contributed by atoms with E-state index in [9.17, 15) is 4.57 Å². The van der Waals surface area contributed by atoms with E-state index >= 15 is 0 Å². The van der Waals surface area contributed by atoms with Gasteiger partial charge in [-0.1, -0.05) is 22.5 Å². The number of hydrogen-bond donors (Lipinski definition) is 0. The van der Waals surface area contributed by atoms with Gasteiger partial charge in [0.15, 0.2) is 0 Å². The zero-order valence-corrected chi connectivity index (χ0v) is 9.86. The molecule has 3 nitrogen and oxygen atoms in total. The van der Waals surface area contributed by atoms with Crippen molar-refractivity contribution in [2.45, 2.75) is 13.8 Å². The van der Waals surface area contributed by atoms with Gasteiger partial charge in [0.1, 0.15) is 0 Å². The van der Waals surface area contributed by atoms with Gasteiger partial charge in [-0.2, -0.15) is 0 Å². The fraction of sp³-hybridized carbons (Fsp3) is 0.714. The van der Waals surface area contributed by atoms with E-state index in [0.29, 0.717) is 17.7 Å². The minimum Gasteiger partial charge on any atom is -0.309 e. The van der Waals surface area contributed by atoms with Crippen molar-refractivity contribution in [3.8, 4) is 0 Å². The Balaban J connectivity index is 4.18. The van der Waals surface area contributed by atoms with Crippen molar-refractivity contribution in [3.05, 3.63) is 11.1 Å². The third kappa shape index (κ3) is 5.09. The standard InChI is InChI=1S/C7H14BrO3P/c1-4-10-12(9,11-5-2)6-7(3)8/h3-6H2,1-2H3. The number of halogens is 1. The minimum absolute atomic E-state index is 0.231. The Morgan fingerprint density at radius 1 is 1.42 bits per heavy atom. The molecule has 0 aromatic carbocycles. The molecular formula is C7H14BrO3P. The van der Waals surface area contributed by atoms with E-state index in [4.69, 9.17) is 9.05 Å². The average Bonchev–Trinajstić information content (AvgIpc) is 1.85. The molecule has 0 unspecified atom stereocenters. The normalized spacial score (nSPS) is 11.6. The van der Waals surface area contributed by atoms with Crippen molar-refractivity contribution in [1.82, 2.24) is 0 Å². The molecule has 0 aliphatic carbocycles. The van der Waals surface area contributed by atoms with Gasteiger partial charge >= 0.3 is 7.60 Å². The maximum atomic E-state index is 11.7. The topological polar surface area (TPSA) is 35.5 Å². The molecule has 0 amide bonds. The van der Waals surface area contributed by atoms with Crippen LogP contribution in [-0.2, 0) is 13.6 Å². The van der Waals surface area contributed by atoms with Crippen molar-refractivity contribution in [1.29, 1.82) is 0 Å². The molecule has 0 atom stereocenters. The summed E-state index contributed by atoms with van der Waals surface area (Å²) in [6, 6.07) is 0.